The topological polar surface area (TPSA) is 67.2 Å². The van der Waals surface area contributed by atoms with E-state index in [1.54, 1.807) is 6.20 Å². The second kappa shape index (κ2) is 9.90. The number of carbonyl (C=O) groups excluding carboxylic acids is 2. The molecule has 1 heterocycles. The highest BCUT2D eigenvalue weighted by Crippen LogP contribution is 2.34. The number of nitrogens with zero attached hydrogens (tertiary/aromatic N) is 3. The molecular formula is C22H21F3N4O2S. The Kier molecular flexibility index (Phi) is 7.24. The highest BCUT2D eigenvalue weighted by atomic mass is 32.2. The minimum Gasteiger partial charge on any atom is -0.336 e. The van der Waals surface area contributed by atoms with E-state index in [1.165, 1.54) is 41.9 Å². The summed E-state index contributed by atoms with van der Waals surface area (Å²) in [5, 5.41) is 2.86. The Balaban J connectivity index is 1.56. The highest BCUT2D eigenvalue weighted by molar-refractivity contribution is 7.99. The van der Waals surface area contributed by atoms with Crippen LogP contribution < -0.4 is 5.32 Å². The largest absolute Gasteiger partial charge is 0.418 e. The summed E-state index contributed by atoms with van der Waals surface area (Å²) in [6, 6.07) is 14.4. The fourth-order valence-corrected chi connectivity index (χ4v) is 3.87. The van der Waals surface area contributed by atoms with Crippen LogP contribution in [0.15, 0.2) is 66.0 Å². The van der Waals surface area contributed by atoms with Gasteiger partial charge in [-0.15, -0.1) is 0 Å². The zero-order valence-electron chi connectivity index (χ0n) is 17.4. The first-order chi connectivity index (χ1) is 15.2. The lowest BCUT2D eigenvalue weighted by Gasteiger charge is -2.18. The van der Waals surface area contributed by atoms with Crippen LogP contribution in [-0.4, -0.2) is 45.6 Å². The summed E-state index contributed by atoms with van der Waals surface area (Å²) < 4.78 is 41.1. The van der Waals surface area contributed by atoms with E-state index in [1.807, 2.05) is 41.9 Å². The SMILES string of the molecule is CN(CC(=O)Nc1ccccc1C(F)(F)F)C(=O)CSc1ncc(-c2ccccc2)n1C. The second-order valence-corrected chi connectivity index (χ2v) is 7.92. The number of thioether (sulfide) groups is 1. The zero-order valence-corrected chi connectivity index (χ0v) is 18.2. The van der Waals surface area contributed by atoms with Crippen LogP contribution >= 0.6 is 11.8 Å². The van der Waals surface area contributed by atoms with Gasteiger partial charge in [-0.05, 0) is 17.7 Å². The normalized spacial score (nSPS) is 11.3. The van der Waals surface area contributed by atoms with Crippen LogP contribution in [0.2, 0.25) is 0 Å². The Hall–Kier alpha value is -3.27. The van der Waals surface area contributed by atoms with E-state index in [4.69, 9.17) is 0 Å². The Morgan fingerprint density at radius 1 is 1.09 bits per heavy atom. The number of para-hydroxylation sites is 1. The summed E-state index contributed by atoms with van der Waals surface area (Å²) >= 11 is 1.22. The third-order valence-corrected chi connectivity index (χ3v) is 5.68. The molecule has 10 heteroatoms. The Bertz CT molecular complexity index is 1100. The Labute approximate surface area is 187 Å². The Morgan fingerprint density at radius 2 is 1.75 bits per heavy atom. The number of carbonyl (C=O) groups is 2. The number of amides is 2. The van der Waals surface area contributed by atoms with Gasteiger partial charge < -0.3 is 14.8 Å². The van der Waals surface area contributed by atoms with Crippen molar-refractivity contribution in [2.45, 2.75) is 11.3 Å². The second-order valence-electron chi connectivity index (χ2n) is 6.98. The number of nitrogens with one attached hydrogen (secondary N) is 1. The van der Waals surface area contributed by atoms with Gasteiger partial charge in [-0.2, -0.15) is 13.2 Å². The number of alkyl halides is 3. The van der Waals surface area contributed by atoms with Crippen LogP contribution in [0, 0.1) is 0 Å². The number of benzene rings is 2. The molecule has 0 aliphatic carbocycles. The highest BCUT2D eigenvalue weighted by Gasteiger charge is 2.33. The van der Waals surface area contributed by atoms with Crippen LogP contribution in [0.3, 0.4) is 0 Å². The Morgan fingerprint density at radius 3 is 2.44 bits per heavy atom. The molecule has 3 rings (SSSR count). The maximum atomic E-state index is 13.1. The first kappa shape index (κ1) is 23.4. The van der Waals surface area contributed by atoms with Gasteiger partial charge in [0.25, 0.3) is 0 Å². The number of aromatic nitrogens is 2. The van der Waals surface area contributed by atoms with E-state index in [9.17, 15) is 22.8 Å². The summed E-state index contributed by atoms with van der Waals surface area (Å²) in [6.07, 6.45) is -2.87. The average Bonchev–Trinajstić information content (AvgIpc) is 3.12. The smallest absolute Gasteiger partial charge is 0.336 e. The minimum atomic E-state index is -4.59. The summed E-state index contributed by atoms with van der Waals surface area (Å²) in [7, 11) is 3.27. The van der Waals surface area contributed by atoms with Crippen LogP contribution in [0.4, 0.5) is 18.9 Å². The van der Waals surface area contributed by atoms with Crippen molar-refractivity contribution >= 4 is 29.3 Å². The molecule has 1 aromatic heterocycles. The molecule has 0 spiro atoms. The third kappa shape index (κ3) is 5.70. The molecule has 0 saturated heterocycles. The van der Waals surface area contributed by atoms with Crippen LogP contribution in [0.5, 0.6) is 0 Å². The molecule has 0 saturated carbocycles. The maximum Gasteiger partial charge on any atom is 0.418 e. The molecule has 168 valence electrons. The predicted octanol–water partition coefficient (Wildman–Crippen LogP) is 4.30. The molecule has 0 fully saturated rings. The summed E-state index contributed by atoms with van der Waals surface area (Å²) in [5.74, 6) is -1.04. The number of anilines is 1. The van der Waals surface area contributed by atoms with Gasteiger partial charge in [-0.1, -0.05) is 54.2 Å². The zero-order chi connectivity index (χ0) is 23.3. The molecular weight excluding hydrogens is 441 g/mol. The molecule has 2 amide bonds. The van der Waals surface area contributed by atoms with Gasteiger partial charge in [0.05, 0.1) is 35.4 Å². The van der Waals surface area contributed by atoms with E-state index in [-0.39, 0.29) is 23.9 Å². The fourth-order valence-electron chi connectivity index (χ4n) is 2.97. The van der Waals surface area contributed by atoms with Crippen molar-refractivity contribution < 1.29 is 22.8 Å². The number of halogens is 3. The summed E-state index contributed by atoms with van der Waals surface area (Å²) in [6.45, 7) is -0.374. The molecule has 6 nitrogen and oxygen atoms in total. The van der Waals surface area contributed by atoms with Crippen LogP contribution in [0.25, 0.3) is 11.3 Å². The predicted molar refractivity (Wildman–Crippen MR) is 117 cm³/mol. The molecule has 0 radical (unpaired) electrons. The molecule has 1 N–H and O–H groups in total. The lowest BCUT2D eigenvalue weighted by molar-refractivity contribution is -0.137. The maximum absolute atomic E-state index is 13.1. The molecule has 3 aromatic rings. The van der Waals surface area contributed by atoms with E-state index < -0.39 is 17.6 Å². The standard InChI is InChI=1S/C22H21F3N4O2S/c1-28(13-19(30)27-17-11-7-6-10-16(17)22(23,24)25)20(31)14-32-21-26-12-18(29(21)2)15-8-4-3-5-9-15/h3-12H,13-14H2,1-2H3,(H,27,30). The van der Waals surface area contributed by atoms with Crippen molar-refractivity contribution in [3.05, 3.63) is 66.4 Å². The molecule has 0 unspecified atom stereocenters. The number of hydrogen-bond donors (Lipinski definition) is 1. The molecule has 0 aliphatic rings. The van der Waals surface area contributed by atoms with Crippen molar-refractivity contribution in [2.24, 2.45) is 7.05 Å². The van der Waals surface area contributed by atoms with Gasteiger partial charge in [-0.25, -0.2) is 4.98 Å². The van der Waals surface area contributed by atoms with Crippen molar-refractivity contribution in [1.29, 1.82) is 0 Å². The van der Waals surface area contributed by atoms with E-state index in [2.05, 4.69) is 10.3 Å². The van der Waals surface area contributed by atoms with Gasteiger partial charge in [0, 0.05) is 14.1 Å². The van der Waals surface area contributed by atoms with Gasteiger partial charge in [0.2, 0.25) is 11.8 Å². The molecule has 0 aliphatic heterocycles. The number of likely N-dealkylation sites (N-methyl/N-ethyl adjacent to an activating group) is 1. The van der Waals surface area contributed by atoms with Crippen molar-refractivity contribution in [3.63, 3.8) is 0 Å². The molecule has 0 atom stereocenters. The molecule has 32 heavy (non-hydrogen) atoms. The van der Waals surface area contributed by atoms with E-state index in [0.29, 0.717) is 5.16 Å². The number of rotatable bonds is 7. The van der Waals surface area contributed by atoms with Crippen molar-refractivity contribution in [3.8, 4) is 11.3 Å². The van der Waals surface area contributed by atoms with Gasteiger partial charge in [0.15, 0.2) is 5.16 Å². The number of imidazole rings is 1. The average molecular weight is 462 g/mol. The summed E-state index contributed by atoms with van der Waals surface area (Å²) in [4.78, 5) is 30.1. The summed E-state index contributed by atoms with van der Waals surface area (Å²) in [5.41, 5.74) is 0.605. The minimum absolute atomic E-state index is 0.0298. The third-order valence-electron chi connectivity index (χ3n) is 4.65. The molecule has 2 aromatic carbocycles. The lowest BCUT2D eigenvalue weighted by Crippen LogP contribution is -2.36. The van der Waals surface area contributed by atoms with E-state index >= 15 is 0 Å². The van der Waals surface area contributed by atoms with E-state index in [0.717, 1.165) is 17.3 Å². The molecule has 0 bridgehead atoms. The van der Waals surface area contributed by atoms with Crippen molar-refractivity contribution in [1.82, 2.24) is 14.5 Å². The van der Waals surface area contributed by atoms with Crippen molar-refractivity contribution in [2.75, 3.05) is 24.7 Å². The van der Waals surface area contributed by atoms with Gasteiger partial charge >= 0.3 is 6.18 Å². The fraction of sp³-hybridized carbons (Fsp3) is 0.227. The van der Waals surface area contributed by atoms with Crippen LogP contribution in [-0.2, 0) is 22.8 Å². The quantitative estimate of drug-likeness (QED) is 0.532. The lowest BCUT2D eigenvalue weighted by atomic mass is 10.1. The van der Waals surface area contributed by atoms with Gasteiger partial charge in [-0.3, -0.25) is 9.59 Å². The monoisotopic (exact) mass is 462 g/mol. The number of hydrogen-bond acceptors (Lipinski definition) is 4. The van der Waals surface area contributed by atoms with Crippen LogP contribution in [0.1, 0.15) is 5.56 Å². The first-order valence-corrected chi connectivity index (χ1v) is 10.6. The van der Waals surface area contributed by atoms with Gasteiger partial charge in [0.1, 0.15) is 0 Å². The first-order valence-electron chi connectivity index (χ1n) is 9.57.